The minimum absolute atomic E-state index is 0.297. The maximum Gasteiger partial charge on any atom is 0.147 e. The number of aromatic nitrogens is 2. The van der Waals surface area contributed by atoms with Gasteiger partial charge in [0.15, 0.2) is 0 Å². The van der Waals surface area contributed by atoms with Crippen molar-refractivity contribution in [3.8, 4) is 0 Å². The first kappa shape index (κ1) is 11.8. The van der Waals surface area contributed by atoms with Crippen LogP contribution in [-0.4, -0.2) is 9.97 Å². The number of benzene rings is 1. The van der Waals surface area contributed by atoms with Gasteiger partial charge in [-0.2, -0.15) is 0 Å². The van der Waals surface area contributed by atoms with Crippen molar-refractivity contribution in [2.24, 2.45) is 0 Å². The maximum atomic E-state index is 13.5. The third kappa shape index (κ3) is 2.91. The molecule has 0 fully saturated rings. The lowest BCUT2D eigenvalue weighted by Gasteiger charge is -2.08. The van der Waals surface area contributed by atoms with Crippen LogP contribution in [0.4, 0.5) is 10.1 Å². The molecule has 0 amide bonds. The van der Waals surface area contributed by atoms with E-state index in [9.17, 15) is 4.39 Å². The Kier molecular flexibility index (Phi) is 3.54. The van der Waals surface area contributed by atoms with E-state index in [1.807, 2.05) is 0 Å². The molecule has 0 saturated carbocycles. The fourth-order valence-corrected chi connectivity index (χ4v) is 1.68. The van der Waals surface area contributed by atoms with Crippen molar-refractivity contribution in [2.75, 3.05) is 5.32 Å². The van der Waals surface area contributed by atoms with E-state index in [0.29, 0.717) is 23.1 Å². The summed E-state index contributed by atoms with van der Waals surface area (Å²) in [6, 6.07) is 6.34. The average Bonchev–Trinajstić information content (AvgIpc) is 2.28. The van der Waals surface area contributed by atoms with E-state index >= 15 is 0 Å². The predicted molar refractivity (Wildman–Crippen MR) is 65.5 cm³/mol. The van der Waals surface area contributed by atoms with E-state index in [1.165, 1.54) is 6.07 Å². The maximum absolute atomic E-state index is 13.5. The van der Waals surface area contributed by atoms with Crippen molar-refractivity contribution in [3.05, 3.63) is 52.8 Å². The molecular formula is C12H11ClFN3. The van der Waals surface area contributed by atoms with Crippen molar-refractivity contribution in [1.82, 2.24) is 9.97 Å². The molecule has 0 unspecified atom stereocenters. The van der Waals surface area contributed by atoms with Crippen molar-refractivity contribution in [2.45, 2.75) is 13.5 Å². The van der Waals surface area contributed by atoms with E-state index in [4.69, 9.17) is 11.6 Å². The molecule has 0 radical (unpaired) electrons. The summed E-state index contributed by atoms with van der Waals surface area (Å²) in [7, 11) is 0. The van der Waals surface area contributed by atoms with E-state index < -0.39 is 0 Å². The monoisotopic (exact) mass is 251 g/mol. The summed E-state index contributed by atoms with van der Waals surface area (Å²) in [5.41, 5.74) is 1.09. The predicted octanol–water partition coefficient (Wildman–Crippen LogP) is 3.19. The molecule has 1 aromatic heterocycles. The van der Waals surface area contributed by atoms with Gasteiger partial charge in [-0.15, -0.1) is 0 Å². The van der Waals surface area contributed by atoms with Crippen LogP contribution in [0.15, 0.2) is 30.5 Å². The van der Waals surface area contributed by atoms with Gasteiger partial charge in [0.1, 0.15) is 11.6 Å². The molecule has 3 nitrogen and oxygen atoms in total. The molecular weight excluding hydrogens is 241 g/mol. The van der Waals surface area contributed by atoms with Gasteiger partial charge in [0, 0.05) is 6.20 Å². The number of anilines is 1. The van der Waals surface area contributed by atoms with Crippen LogP contribution in [0.25, 0.3) is 0 Å². The fraction of sp³-hybridized carbons (Fsp3) is 0.167. The van der Waals surface area contributed by atoms with Gasteiger partial charge >= 0.3 is 0 Å². The van der Waals surface area contributed by atoms with Gasteiger partial charge in [0.25, 0.3) is 0 Å². The minimum atomic E-state index is -0.372. The fourth-order valence-electron chi connectivity index (χ4n) is 1.45. The zero-order valence-electron chi connectivity index (χ0n) is 9.24. The Labute approximate surface area is 104 Å². The highest BCUT2D eigenvalue weighted by Gasteiger charge is 2.06. The highest BCUT2D eigenvalue weighted by Crippen LogP contribution is 2.24. The largest absolute Gasteiger partial charge is 0.376 e. The van der Waals surface area contributed by atoms with Crippen molar-refractivity contribution < 1.29 is 4.39 Å². The highest BCUT2D eigenvalue weighted by molar-refractivity contribution is 6.33. The number of halogens is 2. The summed E-state index contributed by atoms with van der Waals surface area (Å²) in [6.45, 7) is 2.21. The summed E-state index contributed by atoms with van der Waals surface area (Å²) in [5.74, 6) is 0.312. The first-order valence-electron chi connectivity index (χ1n) is 5.13. The Morgan fingerprint density at radius 3 is 2.88 bits per heavy atom. The summed E-state index contributed by atoms with van der Waals surface area (Å²) >= 11 is 5.89. The molecule has 1 heterocycles. The van der Waals surface area contributed by atoms with Crippen LogP contribution in [0.2, 0.25) is 5.02 Å². The molecule has 0 saturated heterocycles. The third-order valence-corrected chi connectivity index (χ3v) is 2.56. The Balaban J connectivity index is 2.13. The van der Waals surface area contributed by atoms with Crippen LogP contribution in [0, 0.1) is 12.7 Å². The second kappa shape index (κ2) is 5.10. The molecule has 88 valence electrons. The SMILES string of the molecule is Cc1nccc(CNc2c(F)cccc2Cl)n1. The number of para-hydroxylation sites is 1. The van der Waals surface area contributed by atoms with E-state index in [-0.39, 0.29) is 5.82 Å². The number of nitrogens with zero attached hydrogens (tertiary/aromatic N) is 2. The zero-order chi connectivity index (χ0) is 12.3. The number of hydrogen-bond donors (Lipinski definition) is 1. The molecule has 1 N–H and O–H groups in total. The lowest BCUT2D eigenvalue weighted by atomic mass is 10.3. The molecule has 0 aliphatic rings. The quantitative estimate of drug-likeness (QED) is 0.910. The van der Waals surface area contributed by atoms with Crippen molar-refractivity contribution >= 4 is 17.3 Å². The van der Waals surface area contributed by atoms with Gasteiger partial charge in [0.05, 0.1) is 22.9 Å². The van der Waals surface area contributed by atoms with Crippen molar-refractivity contribution in [1.29, 1.82) is 0 Å². The first-order valence-corrected chi connectivity index (χ1v) is 5.51. The number of hydrogen-bond acceptors (Lipinski definition) is 3. The molecule has 2 rings (SSSR count). The van der Waals surface area contributed by atoms with Crippen LogP contribution in [0.5, 0.6) is 0 Å². The second-order valence-electron chi connectivity index (χ2n) is 3.55. The van der Waals surface area contributed by atoms with Crippen LogP contribution < -0.4 is 5.32 Å². The Morgan fingerprint density at radius 2 is 2.18 bits per heavy atom. The average molecular weight is 252 g/mol. The van der Waals surface area contributed by atoms with Crippen LogP contribution >= 0.6 is 11.6 Å². The summed E-state index contributed by atoms with van der Waals surface area (Å²) in [4.78, 5) is 8.20. The van der Waals surface area contributed by atoms with Gasteiger partial charge in [-0.25, -0.2) is 14.4 Å². The first-order chi connectivity index (χ1) is 8.16. The molecule has 0 bridgehead atoms. The van der Waals surface area contributed by atoms with E-state index in [1.54, 1.807) is 31.3 Å². The molecule has 5 heteroatoms. The lowest BCUT2D eigenvalue weighted by molar-refractivity contribution is 0.630. The highest BCUT2D eigenvalue weighted by atomic mass is 35.5. The third-order valence-electron chi connectivity index (χ3n) is 2.24. The minimum Gasteiger partial charge on any atom is -0.376 e. The number of rotatable bonds is 3. The number of nitrogens with one attached hydrogen (secondary N) is 1. The summed E-state index contributed by atoms with van der Waals surface area (Å²) in [6.07, 6.45) is 1.67. The molecule has 0 atom stereocenters. The Bertz CT molecular complexity index is 511. The molecule has 1 aromatic carbocycles. The Morgan fingerprint density at radius 1 is 1.35 bits per heavy atom. The number of aryl methyl sites for hydroxylation is 1. The smallest absolute Gasteiger partial charge is 0.147 e. The van der Waals surface area contributed by atoms with Gasteiger partial charge in [-0.1, -0.05) is 17.7 Å². The zero-order valence-corrected chi connectivity index (χ0v) is 10.0. The van der Waals surface area contributed by atoms with E-state index in [2.05, 4.69) is 15.3 Å². The van der Waals surface area contributed by atoms with Gasteiger partial charge in [-0.3, -0.25) is 0 Å². The second-order valence-corrected chi connectivity index (χ2v) is 3.95. The van der Waals surface area contributed by atoms with E-state index in [0.717, 1.165) is 5.69 Å². The van der Waals surface area contributed by atoms with Crippen LogP contribution in [0.1, 0.15) is 11.5 Å². The summed E-state index contributed by atoms with van der Waals surface area (Å²) < 4.78 is 13.5. The molecule has 0 aliphatic carbocycles. The van der Waals surface area contributed by atoms with Gasteiger partial charge in [0.2, 0.25) is 0 Å². The summed E-state index contributed by atoms with van der Waals surface area (Å²) in [5, 5.41) is 3.28. The normalized spacial score (nSPS) is 10.3. The molecule has 17 heavy (non-hydrogen) atoms. The van der Waals surface area contributed by atoms with Crippen LogP contribution in [-0.2, 0) is 6.54 Å². The molecule has 0 aliphatic heterocycles. The topological polar surface area (TPSA) is 37.8 Å². The molecule has 0 spiro atoms. The van der Waals surface area contributed by atoms with Crippen molar-refractivity contribution in [3.63, 3.8) is 0 Å². The van der Waals surface area contributed by atoms with Gasteiger partial charge < -0.3 is 5.32 Å². The van der Waals surface area contributed by atoms with Gasteiger partial charge in [-0.05, 0) is 25.1 Å². The Hall–Kier alpha value is -1.68. The lowest BCUT2D eigenvalue weighted by Crippen LogP contribution is -2.05. The molecule has 2 aromatic rings. The van der Waals surface area contributed by atoms with Crippen LogP contribution in [0.3, 0.4) is 0 Å². The standard InChI is InChI=1S/C12H11ClFN3/c1-8-15-6-5-9(17-8)7-16-12-10(13)3-2-4-11(12)14/h2-6,16H,7H2,1H3.